The molecule has 0 unspecified atom stereocenters. The van der Waals surface area contributed by atoms with Crippen LogP contribution in [0.5, 0.6) is 0 Å². The van der Waals surface area contributed by atoms with E-state index in [-0.39, 0.29) is 5.69 Å². The van der Waals surface area contributed by atoms with Crippen LogP contribution in [0.4, 0.5) is 35.2 Å². The van der Waals surface area contributed by atoms with Crippen molar-refractivity contribution in [3.63, 3.8) is 0 Å². The second-order valence-corrected chi connectivity index (χ2v) is 6.64. The van der Waals surface area contributed by atoms with Crippen molar-refractivity contribution in [1.82, 2.24) is 10.2 Å². The molecule has 30 heavy (non-hydrogen) atoms. The maximum absolute atomic E-state index is 13.0. The normalized spacial score (nSPS) is 11.6. The van der Waals surface area contributed by atoms with E-state index >= 15 is 0 Å². The lowest BCUT2D eigenvalue weighted by molar-refractivity contribution is -0.137. The van der Waals surface area contributed by atoms with Crippen LogP contribution in [-0.4, -0.2) is 16.2 Å². The van der Waals surface area contributed by atoms with Crippen molar-refractivity contribution in [2.24, 2.45) is 5.73 Å². The van der Waals surface area contributed by atoms with Crippen molar-refractivity contribution in [3.05, 3.63) is 72.3 Å². The third-order valence-corrected chi connectivity index (χ3v) is 4.70. The molecule has 1 aromatic heterocycles. The van der Waals surface area contributed by atoms with Gasteiger partial charge in [-0.25, -0.2) is 4.79 Å². The number of carbonyl (C=O) groups is 1. The van der Waals surface area contributed by atoms with Gasteiger partial charge in [0.15, 0.2) is 5.82 Å². The van der Waals surface area contributed by atoms with E-state index in [9.17, 15) is 18.0 Å². The number of anilines is 3. The first-order valence-electron chi connectivity index (χ1n) is 8.85. The fourth-order valence-electron chi connectivity index (χ4n) is 3.25. The highest BCUT2D eigenvalue weighted by Crippen LogP contribution is 2.34. The standard InChI is InChI=1S/C21H16F3N5O/c22-21(23,24)14-2-1-3-16(11-14)29(20(26)30)15-7-4-12(5-8-15)13-6-9-17-18(10-13)27-28-19(17)25/h1-11H,(H2,26,30)(H3,25,27,28). The second-order valence-electron chi connectivity index (χ2n) is 6.64. The first kappa shape index (κ1) is 19.3. The number of amides is 2. The van der Waals surface area contributed by atoms with E-state index in [4.69, 9.17) is 11.5 Å². The molecule has 0 fully saturated rings. The monoisotopic (exact) mass is 411 g/mol. The summed E-state index contributed by atoms with van der Waals surface area (Å²) in [4.78, 5) is 13.0. The van der Waals surface area contributed by atoms with Gasteiger partial charge in [0.05, 0.1) is 22.5 Å². The summed E-state index contributed by atoms with van der Waals surface area (Å²) in [5, 5.41) is 7.61. The van der Waals surface area contributed by atoms with E-state index in [1.54, 1.807) is 24.3 Å². The zero-order chi connectivity index (χ0) is 21.5. The third-order valence-electron chi connectivity index (χ3n) is 4.70. The van der Waals surface area contributed by atoms with Crippen LogP contribution < -0.4 is 16.4 Å². The zero-order valence-electron chi connectivity index (χ0n) is 15.4. The number of hydrogen-bond donors (Lipinski definition) is 3. The minimum Gasteiger partial charge on any atom is -0.382 e. The predicted octanol–water partition coefficient (Wildman–Crippen LogP) is 5.05. The van der Waals surface area contributed by atoms with Crippen LogP contribution in [0.1, 0.15) is 5.56 Å². The number of halogens is 3. The molecule has 4 aromatic rings. The van der Waals surface area contributed by atoms with E-state index in [0.717, 1.165) is 39.1 Å². The smallest absolute Gasteiger partial charge is 0.382 e. The molecule has 1 heterocycles. The summed E-state index contributed by atoms with van der Waals surface area (Å²) in [5.74, 6) is 0.407. The van der Waals surface area contributed by atoms with Gasteiger partial charge in [-0.15, -0.1) is 0 Å². The van der Waals surface area contributed by atoms with E-state index in [2.05, 4.69) is 10.2 Å². The Hall–Kier alpha value is -4.01. The summed E-state index contributed by atoms with van der Waals surface area (Å²) in [6, 6.07) is 15.9. The molecule has 9 heteroatoms. The fraction of sp³-hybridized carbons (Fsp3) is 0.0476. The molecule has 0 radical (unpaired) electrons. The van der Waals surface area contributed by atoms with Gasteiger partial charge in [-0.2, -0.15) is 18.3 Å². The summed E-state index contributed by atoms with van der Waals surface area (Å²) < 4.78 is 39.1. The van der Waals surface area contributed by atoms with Crippen molar-refractivity contribution >= 4 is 34.1 Å². The number of nitrogens with two attached hydrogens (primary N) is 2. The van der Waals surface area contributed by atoms with Gasteiger partial charge in [-0.05, 0) is 53.6 Å². The summed E-state index contributed by atoms with van der Waals surface area (Å²) in [6.07, 6.45) is -4.53. The van der Waals surface area contributed by atoms with E-state index in [0.29, 0.717) is 11.5 Å². The van der Waals surface area contributed by atoms with Crippen molar-refractivity contribution in [1.29, 1.82) is 0 Å². The Kier molecular flexibility index (Phi) is 4.57. The largest absolute Gasteiger partial charge is 0.416 e. The zero-order valence-corrected chi connectivity index (χ0v) is 15.4. The van der Waals surface area contributed by atoms with Crippen LogP contribution in [0.3, 0.4) is 0 Å². The molecule has 0 saturated heterocycles. The molecular formula is C21H16F3N5O. The molecule has 6 nitrogen and oxygen atoms in total. The summed E-state index contributed by atoms with van der Waals surface area (Å²) in [6.45, 7) is 0. The average Bonchev–Trinajstić information content (AvgIpc) is 3.08. The van der Waals surface area contributed by atoms with E-state index in [1.165, 1.54) is 12.1 Å². The number of alkyl halides is 3. The third kappa shape index (κ3) is 3.52. The van der Waals surface area contributed by atoms with Crippen LogP contribution in [0.25, 0.3) is 22.0 Å². The molecule has 152 valence electrons. The Bertz CT molecular complexity index is 1230. The SMILES string of the molecule is NC(=O)N(c1ccc(-c2ccc3c(N)n[nH]c3c2)cc1)c1cccc(C(F)(F)F)c1. The Labute approximate surface area is 168 Å². The first-order valence-corrected chi connectivity index (χ1v) is 8.85. The number of rotatable bonds is 3. The van der Waals surface area contributed by atoms with Crippen LogP contribution in [-0.2, 0) is 6.18 Å². The number of nitrogens with one attached hydrogen (secondary N) is 1. The molecule has 3 aromatic carbocycles. The highest BCUT2D eigenvalue weighted by molar-refractivity contribution is 5.99. The maximum atomic E-state index is 13.0. The number of H-pyrrole nitrogens is 1. The molecule has 0 aliphatic heterocycles. The van der Waals surface area contributed by atoms with Gasteiger partial charge in [0.25, 0.3) is 0 Å². The summed E-state index contributed by atoms with van der Waals surface area (Å²) >= 11 is 0. The van der Waals surface area contributed by atoms with Crippen molar-refractivity contribution in [2.75, 3.05) is 10.6 Å². The quantitative estimate of drug-likeness (QED) is 0.440. The minimum atomic E-state index is -4.53. The Morgan fingerprint density at radius 1 is 0.933 bits per heavy atom. The minimum absolute atomic E-state index is 0.0272. The lowest BCUT2D eigenvalue weighted by Crippen LogP contribution is -2.31. The van der Waals surface area contributed by atoms with Crippen LogP contribution >= 0.6 is 0 Å². The number of urea groups is 1. The van der Waals surface area contributed by atoms with Gasteiger partial charge in [0, 0.05) is 5.39 Å². The molecule has 0 aliphatic carbocycles. The highest BCUT2D eigenvalue weighted by atomic mass is 19.4. The highest BCUT2D eigenvalue weighted by Gasteiger charge is 2.31. The molecule has 2 amide bonds. The van der Waals surface area contributed by atoms with Crippen LogP contribution in [0, 0.1) is 0 Å². The fourth-order valence-corrected chi connectivity index (χ4v) is 3.25. The molecule has 0 aliphatic rings. The molecule has 0 bridgehead atoms. The number of nitrogen functional groups attached to an aromatic ring is 1. The Balaban J connectivity index is 1.69. The summed E-state index contributed by atoms with van der Waals surface area (Å²) in [7, 11) is 0. The molecule has 4 rings (SSSR count). The molecule has 0 spiro atoms. The summed E-state index contributed by atoms with van der Waals surface area (Å²) in [5.41, 5.74) is 13.2. The van der Waals surface area contributed by atoms with Gasteiger partial charge in [0.1, 0.15) is 0 Å². The van der Waals surface area contributed by atoms with Gasteiger partial charge < -0.3 is 11.5 Å². The molecule has 0 saturated carbocycles. The predicted molar refractivity (Wildman–Crippen MR) is 109 cm³/mol. The van der Waals surface area contributed by atoms with Crippen LogP contribution in [0.2, 0.25) is 0 Å². The second kappa shape index (κ2) is 7.11. The Morgan fingerprint density at radius 3 is 2.30 bits per heavy atom. The maximum Gasteiger partial charge on any atom is 0.416 e. The van der Waals surface area contributed by atoms with E-state index < -0.39 is 17.8 Å². The lowest BCUT2D eigenvalue weighted by atomic mass is 10.0. The van der Waals surface area contributed by atoms with Gasteiger partial charge >= 0.3 is 12.2 Å². The molecular weight excluding hydrogens is 395 g/mol. The number of fused-ring (bicyclic) bond motifs is 1. The number of primary amides is 1. The number of carbonyl (C=O) groups excluding carboxylic acids is 1. The topological polar surface area (TPSA) is 101 Å². The van der Waals surface area contributed by atoms with E-state index in [1.807, 2.05) is 18.2 Å². The molecule has 5 N–H and O–H groups in total. The van der Waals surface area contributed by atoms with Gasteiger partial charge in [0.2, 0.25) is 0 Å². The van der Waals surface area contributed by atoms with Crippen LogP contribution in [0.15, 0.2) is 66.7 Å². The van der Waals surface area contributed by atoms with Crippen molar-refractivity contribution < 1.29 is 18.0 Å². The number of aromatic nitrogens is 2. The lowest BCUT2D eigenvalue weighted by Gasteiger charge is -2.22. The number of hydrogen-bond acceptors (Lipinski definition) is 3. The number of benzene rings is 3. The number of nitrogens with zero attached hydrogens (tertiary/aromatic N) is 2. The van der Waals surface area contributed by atoms with Gasteiger partial charge in [-0.3, -0.25) is 10.00 Å². The average molecular weight is 411 g/mol. The van der Waals surface area contributed by atoms with Gasteiger partial charge in [-0.1, -0.05) is 24.3 Å². The molecule has 0 atom stereocenters. The van der Waals surface area contributed by atoms with Crippen molar-refractivity contribution in [2.45, 2.75) is 6.18 Å². The first-order chi connectivity index (χ1) is 14.2. The Morgan fingerprint density at radius 2 is 1.63 bits per heavy atom. The van der Waals surface area contributed by atoms with Crippen molar-refractivity contribution in [3.8, 4) is 11.1 Å². The number of aromatic amines is 1.